The maximum atomic E-state index is 12.9. The van der Waals surface area contributed by atoms with Crippen LogP contribution >= 0.6 is 11.3 Å². The van der Waals surface area contributed by atoms with Gasteiger partial charge in [0.1, 0.15) is 16.4 Å². The van der Waals surface area contributed by atoms with Crippen LogP contribution in [0, 0.1) is 5.82 Å². The Morgan fingerprint density at radius 2 is 1.94 bits per heavy atom. The Morgan fingerprint density at radius 3 is 2.67 bits per heavy atom. The second-order valence-corrected chi connectivity index (χ2v) is 4.76. The number of rotatable bonds is 1. The number of halogens is 1. The molecule has 1 aromatic carbocycles. The monoisotopic (exact) mass is 261 g/mol. The average Bonchev–Trinajstić information content (AvgIpc) is 2.74. The Labute approximate surface area is 105 Å². The number of hydrogen-bond acceptors (Lipinski definition) is 3. The van der Waals surface area contributed by atoms with Gasteiger partial charge in [0, 0.05) is 17.0 Å². The maximum Gasteiger partial charge on any atom is 0.252 e. The molecule has 0 amide bonds. The van der Waals surface area contributed by atoms with Crippen LogP contribution in [-0.4, -0.2) is 10.1 Å². The average molecular weight is 261 g/mol. The van der Waals surface area contributed by atoms with Gasteiger partial charge in [-0.25, -0.2) is 4.39 Å². The van der Waals surface area contributed by atoms with E-state index in [4.69, 9.17) is 0 Å². The van der Waals surface area contributed by atoms with Crippen molar-refractivity contribution in [3.8, 4) is 16.9 Å². The van der Waals surface area contributed by atoms with Gasteiger partial charge in [0.15, 0.2) is 0 Å². The highest BCUT2D eigenvalue weighted by atomic mass is 32.1. The summed E-state index contributed by atoms with van der Waals surface area (Å²) in [5, 5.41) is 12.3. The lowest BCUT2D eigenvalue weighted by molar-refractivity contribution is 0.481. The first-order valence-corrected chi connectivity index (χ1v) is 6.12. The van der Waals surface area contributed by atoms with Crippen LogP contribution in [0.4, 0.5) is 4.39 Å². The molecule has 0 aliphatic rings. The van der Waals surface area contributed by atoms with E-state index in [1.807, 2.05) is 5.38 Å². The van der Waals surface area contributed by atoms with E-state index in [9.17, 15) is 14.3 Å². The first kappa shape index (κ1) is 11.0. The van der Waals surface area contributed by atoms with Crippen LogP contribution < -0.4 is 5.56 Å². The Morgan fingerprint density at radius 1 is 1.22 bits per heavy atom. The van der Waals surface area contributed by atoms with Gasteiger partial charge in [0.25, 0.3) is 5.56 Å². The van der Waals surface area contributed by atoms with Crippen LogP contribution in [0.2, 0.25) is 0 Å². The Kier molecular flexibility index (Phi) is 2.41. The summed E-state index contributed by atoms with van der Waals surface area (Å²) in [7, 11) is 0. The van der Waals surface area contributed by atoms with E-state index in [1.165, 1.54) is 23.5 Å². The Balaban J connectivity index is 2.30. The highest BCUT2D eigenvalue weighted by molar-refractivity contribution is 7.17. The molecule has 0 bridgehead atoms. The van der Waals surface area contributed by atoms with E-state index in [1.54, 1.807) is 12.1 Å². The van der Waals surface area contributed by atoms with E-state index < -0.39 is 0 Å². The van der Waals surface area contributed by atoms with Crippen molar-refractivity contribution in [3.05, 3.63) is 51.9 Å². The Bertz CT molecular complexity index is 774. The van der Waals surface area contributed by atoms with Gasteiger partial charge < -0.3 is 10.1 Å². The van der Waals surface area contributed by atoms with E-state index in [2.05, 4.69) is 4.98 Å². The summed E-state index contributed by atoms with van der Waals surface area (Å²) in [5.41, 5.74) is 1.24. The molecule has 90 valence electrons. The van der Waals surface area contributed by atoms with Crippen molar-refractivity contribution in [1.29, 1.82) is 0 Å². The molecule has 5 heteroatoms. The molecule has 0 spiro atoms. The van der Waals surface area contributed by atoms with E-state index in [0.29, 0.717) is 10.2 Å². The molecule has 18 heavy (non-hydrogen) atoms. The van der Waals surface area contributed by atoms with Gasteiger partial charge in [-0.15, -0.1) is 11.3 Å². The number of aromatic nitrogens is 1. The number of benzene rings is 1. The van der Waals surface area contributed by atoms with Crippen molar-refractivity contribution in [3.63, 3.8) is 0 Å². The van der Waals surface area contributed by atoms with Crippen LogP contribution in [0.3, 0.4) is 0 Å². The predicted octanol–water partition coefficient (Wildman–Crippen LogP) is 3.10. The first-order chi connectivity index (χ1) is 8.65. The fourth-order valence-electron chi connectivity index (χ4n) is 1.89. The largest absolute Gasteiger partial charge is 0.507 e. The minimum absolute atomic E-state index is 0.0608. The molecule has 3 aromatic rings. The second kappa shape index (κ2) is 3.96. The summed E-state index contributed by atoms with van der Waals surface area (Å²) in [5.74, 6) is -0.370. The minimum atomic E-state index is -0.340. The zero-order valence-corrected chi connectivity index (χ0v) is 9.92. The topological polar surface area (TPSA) is 53.1 Å². The Hall–Kier alpha value is -2.14. The van der Waals surface area contributed by atoms with Gasteiger partial charge in [-0.1, -0.05) is 12.1 Å². The molecule has 0 saturated heterocycles. The lowest BCUT2D eigenvalue weighted by Gasteiger charge is -2.01. The zero-order chi connectivity index (χ0) is 12.7. The fraction of sp³-hybridized carbons (Fsp3) is 0. The van der Waals surface area contributed by atoms with Crippen molar-refractivity contribution in [1.82, 2.24) is 4.98 Å². The third-order valence-electron chi connectivity index (χ3n) is 2.71. The number of nitrogens with one attached hydrogen (secondary N) is 1. The number of H-pyrrole nitrogens is 1. The molecule has 3 nitrogen and oxygen atoms in total. The molecule has 0 atom stereocenters. The van der Waals surface area contributed by atoms with Gasteiger partial charge >= 0.3 is 0 Å². The number of thiophene rings is 1. The molecule has 0 fully saturated rings. The quantitative estimate of drug-likeness (QED) is 0.707. The van der Waals surface area contributed by atoms with Crippen LogP contribution in [0.5, 0.6) is 5.75 Å². The van der Waals surface area contributed by atoms with Crippen molar-refractivity contribution in [2.45, 2.75) is 0 Å². The molecule has 0 saturated carbocycles. The predicted molar refractivity (Wildman–Crippen MR) is 69.5 cm³/mol. The molecule has 0 radical (unpaired) electrons. The number of hydrogen-bond donors (Lipinski definition) is 2. The third-order valence-corrected chi connectivity index (χ3v) is 3.60. The standard InChI is InChI=1S/C13H8FNO2S/c14-8-3-1-7(2-4-8)9-6-18-13-12(9)10(16)5-11(17)15-13/h1-6H,(H2,15,16,17). The van der Waals surface area contributed by atoms with Gasteiger partial charge in [0.05, 0.1) is 5.39 Å². The summed E-state index contributed by atoms with van der Waals surface area (Å²) in [4.78, 5) is 14.5. The molecular formula is C13H8FNO2S. The highest BCUT2D eigenvalue weighted by Gasteiger charge is 2.11. The van der Waals surface area contributed by atoms with E-state index in [0.717, 1.165) is 17.2 Å². The van der Waals surface area contributed by atoms with Gasteiger partial charge in [-0.05, 0) is 17.7 Å². The summed E-state index contributed by atoms with van der Waals surface area (Å²) < 4.78 is 12.9. The molecule has 0 aliphatic heterocycles. The maximum absolute atomic E-state index is 12.9. The van der Waals surface area contributed by atoms with Gasteiger partial charge in [0.2, 0.25) is 0 Å². The van der Waals surface area contributed by atoms with Crippen molar-refractivity contribution >= 4 is 21.6 Å². The zero-order valence-electron chi connectivity index (χ0n) is 9.11. The SMILES string of the molecule is O=c1cc(O)c2c(-c3ccc(F)cc3)csc2[nH]1. The van der Waals surface area contributed by atoms with E-state index in [-0.39, 0.29) is 17.1 Å². The van der Waals surface area contributed by atoms with E-state index >= 15 is 0 Å². The molecule has 2 aromatic heterocycles. The summed E-state index contributed by atoms with van der Waals surface area (Å²) in [6.45, 7) is 0. The number of aromatic hydroxyl groups is 1. The fourth-order valence-corrected chi connectivity index (χ4v) is 2.87. The third kappa shape index (κ3) is 1.69. The molecule has 2 N–H and O–H groups in total. The van der Waals surface area contributed by atoms with Crippen molar-refractivity contribution < 1.29 is 9.50 Å². The second-order valence-electron chi connectivity index (χ2n) is 3.88. The van der Waals surface area contributed by atoms with Gasteiger partial charge in [-0.3, -0.25) is 4.79 Å². The van der Waals surface area contributed by atoms with Crippen LogP contribution in [0.15, 0.2) is 40.5 Å². The summed E-state index contributed by atoms with van der Waals surface area (Å²) in [6.07, 6.45) is 0. The number of aromatic amines is 1. The summed E-state index contributed by atoms with van der Waals surface area (Å²) >= 11 is 1.33. The lowest BCUT2D eigenvalue weighted by atomic mass is 10.1. The normalized spacial score (nSPS) is 10.9. The van der Waals surface area contributed by atoms with Crippen LogP contribution in [0.1, 0.15) is 0 Å². The van der Waals surface area contributed by atoms with Crippen LogP contribution in [-0.2, 0) is 0 Å². The minimum Gasteiger partial charge on any atom is -0.507 e. The molecule has 0 unspecified atom stereocenters. The van der Waals surface area contributed by atoms with Crippen molar-refractivity contribution in [2.75, 3.05) is 0 Å². The highest BCUT2D eigenvalue weighted by Crippen LogP contribution is 2.37. The lowest BCUT2D eigenvalue weighted by Crippen LogP contribution is -2.01. The summed E-state index contributed by atoms with van der Waals surface area (Å²) in [6, 6.07) is 7.15. The first-order valence-electron chi connectivity index (χ1n) is 5.24. The van der Waals surface area contributed by atoms with Gasteiger partial charge in [-0.2, -0.15) is 0 Å². The molecular weight excluding hydrogens is 253 g/mol. The van der Waals surface area contributed by atoms with Crippen LogP contribution in [0.25, 0.3) is 21.3 Å². The molecule has 0 aliphatic carbocycles. The smallest absolute Gasteiger partial charge is 0.252 e. The number of pyridine rings is 1. The van der Waals surface area contributed by atoms with Crippen molar-refractivity contribution in [2.24, 2.45) is 0 Å². The number of fused-ring (bicyclic) bond motifs is 1. The molecule has 3 rings (SSSR count). The molecule has 2 heterocycles.